The average Bonchev–Trinajstić information content (AvgIpc) is 2.25. The second kappa shape index (κ2) is 6.34. The zero-order chi connectivity index (χ0) is 13.9. The third-order valence-electron chi connectivity index (χ3n) is 2.06. The highest BCUT2D eigenvalue weighted by molar-refractivity contribution is 9.09. The molecule has 100 valence electrons. The summed E-state index contributed by atoms with van der Waals surface area (Å²) >= 11 is 4.42. The van der Waals surface area contributed by atoms with Crippen molar-refractivity contribution in [2.75, 3.05) is 6.26 Å². The topological polar surface area (TPSA) is 17.1 Å². The van der Waals surface area contributed by atoms with E-state index in [9.17, 15) is 18.0 Å². The molecule has 0 aromatic heterocycles. The minimum Gasteiger partial charge on any atom is -0.298 e. The molecule has 0 radical (unpaired) electrons. The van der Waals surface area contributed by atoms with Gasteiger partial charge >= 0.3 is 5.51 Å². The summed E-state index contributed by atoms with van der Waals surface area (Å²) < 4.78 is 36.9. The number of ketones is 1. The molecule has 1 atom stereocenters. The molecule has 0 spiro atoms. The van der Waals surface area contributed by atoms with Gasteiger partial charge in [0.05, 0.1) is 4.83 Å². The van der Waals surface area contributed by atoms with Gasteiger partial charge in [-0.05, 0) is 48.7 Å². The third kappa shape index (κ3) is 4.51. The zero-order valence-corrected chi connectivity index (χ0v) is 12.8. The Morgan fingerprint density at radius 2 is 2.00 bits per heavy atom. The Morgan fingerprint density at radius 1 is 1.39 bits per heavy atom. The van der Waals surface area contributed by atoms with E-state index >= 15 is 0 Å². The Hall–Kier alpha value is -0.140. The second-order valence-corrected chi connectivity index (χ2v) is 6.33. The Kier molecular flexibility index (Phi) is 5.61. The lowest BCUT2D eigenvalue weighted by Crippen LogP contribution is -2.04. The van der Waals surface area contributed by atoms with E-state index < -0.39 is 10.3 Å². The second-order valence-electron chi connectivity index (χ2n) is 3.42. The summed E-state index contributed by atoms with van der Waals surface area (Å²) in [6.45, 7) is 1.40. The van der Waals surface area contributed by atoms with Gasteiger partial charge in [0.25, 0.3) is 0 Å². The fraction of sp³-hybridized carbons (Fsp3) is 0.364. The molecule has 0 N–H and O–H groups in total. The van der Waals surface area contributed by atoms with Gasteiger partial charge in [-0.25, -0.2) is 0 Å². The van der Waals surface area contributed by atoms with E-state index in [1.54, 1.807) is 6.07 Å². The highest BCUT2D eigenvalue weighted by atomic mass is 79.9. The minimum absolute atomic E-state index is 0.0843. The molecule has 0 saturated carbocycles. The number of Topliss-reactive ketones (excluding diaryl/α,β-unsaturated/α-hetero) is 1. The van der Waals surface area contributed by atoms with Crippen LogP contribution in [0.1, 0.15) is 17.3 Å². The highest BCUT2D eigenvalue weighted by Crippen LogP contribution is 2.40. The molecule has 1 unspecified atom stereocenters. The van der Waals surface area contributed by atoms with Gasteiger partial charge in [-0.2, -0.15) is 13.2 Å². The van der Waals surface area contributed by atoms with E-state index in [4.69, 9.17) is 0 Å². The van der Waals surface area contributed by atoms with Gasteiger partial charge in [0.15, 0.2) is 0 Å². The largest absolute Gasteiger partial charge is 0.446 e. The monoisotopic (exact) mass is 358 g/mol. The Labute approximate surface area is 120 Å². The SMILES string of the molecule is CSc1ccc(SC(F)(F)F)cc1C(Br)C(C)=O. The maximum absolute atomic E-state index is 12.3. The van der Waals surface area contributed by atoms with Crippen molar-refractivity contribution in [2.45, 2.75) is 27.1 Å². The smallest absolute Gasteiger partial charge is 0.298 e. The average molecular weight is 359 g/mol. The van der Waals surface area contributed by atoms with E-state index in [1.165, 1.54) is 30.8 Å². The maximum Gasteiger partial charge on any atom is 0.446 e. The van der Waals surface area contributed by atoms with Gasteiger partial charge in [0.1, 0.15) is 5.78 Å². The van der Waals surface area contributed by atoms with E-state index in [2.05, 4.69) is 15.9 Å². The molecule has 1 aromatic rings. The number of rotatable bonds is 4. The van der Waals surface area contributed by atoms with Crippen molar-refractivity contribution in [3.63, 3.8) is 0 Å². The summed E-state index contributed by atoms with van der Waals surface area (Å²) in [5.74, 6) is -0.139. The van der Waals surface area contributed by atoms with Gasteiger partial charge in [0.2, 0.25) is 0 Å². The van der Waals surface area contributed by atoms with Gasteiger partial charge in [-0.3, -0.25) is 4.79 Å². The molecule has 18 heavy (non-hydrogen) atoms. The van der Waals surface area contributed by atoms with Crippen molar-refractivity contribution in [3.8, 4) is 0 Å². The Bertz CT molecular complexity index is 448. The molecule has 0 aliphatic heterocycles. The minimum atomic E-state index is -4.32. The standard InChI is InChI=1S/C11H10BrF3OS2/c1-6(16)10(12)8-5-7(18-11(13,14)15)3-4-9(8)17-2/h3-5,10H,1-2H3. The van der Waals surface area contributed by atoms with Crippen molar-refractivity contribution < 1.29 is 18.0 Å². The fourth-order valence-electron chi connectivity index (χ4n) is 1.33. The molecule has 1 nitrogen and oxygen atoms in total. The number of hydrogen-bond donors (Lipinski definition) is 0. The van der Waals surface area contributed by atoms with Crippen LogP contribution in [0.25, 0.3) is 0 Å². The first-order chi connectivity index (χ1) is 8.24. The molecule has 0 fully saturated rings. The normalized spacial score (nSPS) is 13.4. The van der Waals surface area contributed by atoms with Crippen molar-refractivity contribution in [1.82, 2.24) is 0 Å². The van der Waals surface area contributed by atoms with Crippen LogP contribution in [-0.4, -0.2) is 17.5 Å². The maximum atomic E-state index is 12.3. The molecule has 0 aliphatic carbocycles. The summed E-state index contributed by atoms with van der Waals surface area (Å²) in [5, 5.41) is 0. The van der Waals surface area contributed by atoms with Gasteiger partial charge in [-0.15, -0.1) is 11.8 Å². The summed E-state index contributed by atoms with van der Waals surface area (Å²) in [7, 11) is 0. The van der Waals surface area contributed by atoms with E-state index in [0.29, 0.717) is 5.56 Å². The number of alkyl halides is 4. The molecular formula is C11H10BrF3OS2. The third-order valence-corrected chi connectivity index (χ3v) is 4.74. The van der Waals surface area contributed by atoms with Crippen LogP contribution in [0.15, 0.2) is 28.0 Å². The van der Waals surface area contributed by atoms with Crippen molar-refractivity contribution in [1.29, 1.82) is 0 Å². The Balaban J connectivity index is 3.13. The summed E-state index contributed by atoms with van der Waals surface area (Å²) in [5.41, 5.74) is -3.75. The molecule has 1 aromatic carbocycles. The van der Waals surface area contributed by atoms with Crippen molar-refractivity contribution in [2.24, 2.45) is 0 Å². The van der Waals surface area contributed by atoms with Gasteiger partial charge in [0, 0.05) is 9.79 Å². The molecule has 0 amide bonds. The predicted octanol–water partition coefficient (Wildman–Crippen LogP) is 5.05. The first-order valence-electron chi connectivity index (χ1n) is 4.83. The molecule has 7 heteroatoms. The number of carbonyl (C=O) groups is 1. The highest BCUT2D eigenvalue weighted by Gasteiger charge is 2.30. The Morgan fingerprint density at radius 3 is 2.44 bits per heavy atom. The quantitative estimate of drug-likeness (QED) is 0.554. The number of carbonyl (C=O) groups excluding carboxylic acids is 1. The molecular weight excluding hydrogens is 349 g/mol. The van der Waals surface area contributed by atoms with Crippen LogP contribution in [0.3, 0.4) is 0 Å². The zero-order valence-electron chi connectivity index (χ0n) is 9.55. The number of thioether (sulfide) groups is 2. The summed E-state index contributed by atoms with van der Waals surface area (Å²) in [6.07, 6.45) is 1.81. The van der Waals surface area contributed by atoms with E-state index in [0.717, 1.165) is 4.90 Å². The fourth-order valence-corrected chi connectivity index (χ4v) is 3.06. The summed E-state index contributed by atoms with van der Waals surface area (Å²) in [6, 6.07) is 4.42. The number of hydrogen-bond acceptors (Lipinski definition) is 3. The van der Waals surface area contributed by atoms with Crippen LogP contribution < -0.4 is 0 Å². The molecule has 0 bridgehead atoms. The van der Waals surface area contributed by atoms with E-state index in [-0.39, 0.29) is 22.4 Å². The lowest BCUT2D eigenvalue weighted by atomic mass is 10.1. The van der Waals surface area contributed by atoms with Crippen LogP contribution >= 0.6 is 39.5 Å². The summed E-state index contributed by atoms with van der Waals surface area (Å²) in [4.78, 5) is 11.6. The number of halogens is 4. The molecule has 0 aliphatic rings. The van der Waals surface area contributed by atoms with Crippen LogP contribution in [0, 0.1) is 0 Å². The molecule has 1 rings (SSSR count). The van der Waals surface area contributed by atoms with E-state index in [1.807, 2.05) is 6.26 Å². The predicted molar refractivity (Wildman–Crippen MR) is 72.5 cm³/mol. The van der Waals surface area contributed by atoms with Gasteiger partial charge < -0.3 is 0 Å². The first kappa shape index (κ1) is 15.9. The van der Waals surface area contributed by atoms with Gasteiger partial charge in [-0.1, -0.05) is 15.9 Å². The van der Waals surface area contributed by atoms with Crippen LogP contribution in [0.5, 0.6) is 0 Å². The lowest BCUT2D eigenvalue weighted by molar-refractivity contribution is -0.116. The van der Waals surface area contributed by atoms with Crippen molar-refractivity contribution in [3.05, 3.63) is 23.8 Å². The van der Waals surface area contributed by atoms with Crippen molar-refractivity contribution >= 4 is 45.2 Å². The van der Waals surface area contributed by atoms with Crippen LogP contribution in [0.2, 0.25) is 0 Å². The molecule has 0 heterocycles. The first-order valence-corrected chi connectivity index (χ1v) is 7.78. The van der Waals surface area contributed by atoms with Crippen LogP contribution in [-0.2, 0) is 4.79 Å². The number of benzene rings is 1. The molecule has 0 saturated heterocycles. The van der Waals surface area contributed by atoms with Crippen LogP contribution in [0.4, 0.5) is 13.2 Å². The lowest BCUT2D eigenvalue weighted by Gasteiger charge is -2.14.